The van der Waals surface area contributed by atoms with Crippen LogP contribution in [0.15, 0.2) is 0 Å². The van der Waals surface area contributed by atoms with Gasteiger partial charge in [0.15, 0.2) is 0 Å². The molecule has 0 heterocycles. The van der Waals surface area contributed by atoms with Crippen molar-refractivity contribution in [1.82, 2.24) is 10.6 Å². The van der Waals surface area contributed by atoms with E-state index in [2.05, 4.69) is 10.6 Å². The maximum Gasteiger partial charge on any atom is 0.408 e. The zero-order valence-corrected chi connectivity index (χ0v) is 13.8. The molecule has 0 aromatic heterocycles. The molecule has 2 atom stereocenters. The highest BCUT2D eigenvalue weighted by Gasteiger charge is 2.27. The van der Waals surface area contributed by atoms with E-state index in [1.807, 2.05) is 0 Å². The molecule has 0 saturated heterocycles. The fourth-order valence-corrected chi connectivity index (χ4v) is 1.67. The van der Waals surface area contributed by atoms with Gasteiger partial charge in [-0.2, -0.15) is 0 Å². The van der Waals surface area contributed by atoms with Crippen molar-refractivity contribution in [2.45, 2.75) is 57.7 Å². The second-order valence-electron chi connectivity index (χ2n) is 6.07. The number of amides is 2. The summed E-state index contributed by atoms with van der Waals surface area (Å²) in [5.74, 6) is -1.98. The molecule has 0 aromatic carbocycles. The van der Waals surface area contributed by atoms with E-state index in [-0.39, 0.29) is 6.42 Å². The first-order valence-electron chi connectivity index (χ1n) is 7.44. The van der Waals surface area contributed by atoms with Crippen LogP contribution in [0.1, 0.15) is 40.0 Å². The molecule has 134 valence electrons. The molecule has 9 heteroatoms. The average molecular weight is 333 g/mol. The fourth-order valence-electron chi connectivity index (χ4n) is 1.67. The molecule has 6 N–H and O–H groups in total. The molecule has 0 aliphatic heterocycles. The topological polar surface area (TPSA) is 151 Å². The predicted molar refractivity (Wildman–Crippen MR) is 82.7 cm³/mol. The van der Waals surface area contributed by atoms with Gasteiger partial charge < -0.3 is 31.3 Å². The monoisotopic (exact) mass is 333 g/mol. The molecular weight excluding hydrogens is 306 g/mol. The number of aliphatic carboxylic acids is 1. The highest BCUT2D eigenvalue weighted by atomic mass is 16.6. The summed E-state index contributed by atoms with van der Waals surface area (Å²) in [7, 11) is 0. The number of hydrogen-bond acceptors (Lipinski definition) is 6. The van der Waals surface area contributed by atoms with Crippen molar-refractivity contribution in [2.24, 2.45) is 5.73 Å². The lowest BCUT2D eigenvalue weighted by molar-refractivity contribution is -0.142. The Balaban J connectivity index is 4.61. The number of carbonyl (C=O) groups is 3. The molecule has 0 aromatic rings. The number of carboxylic acid groups (broad SMARTS) is 1. The third-order valence-corrected chi connectivity index (χ3v) is 2.75. The SMILES string of the molecule is CC(C)(C)OC(=O)N[C@@H](CO)C(=O)N[C@@H](CCCCN)C(=O)O. The van der Waals surface area contributed by atoms with E-state index in [4.69, 9.17) is 15.6 Å². The molecule has 0 rings (SSSR count). The normalized spacial score (nSPS) is 13.8. The number of rotatable bonds is 9. The molecule has 0 saturated carbocycles. The Morgan fingerprint density at radius 1 is 1.13 bits per heavy atom. The van der Waals surface area contributed by atoms with Gasteiger partial charge in [0.05, 0.1) is 6.61 Å². The van der Waals surface area contributed by atoms with E-state index in [0.29, 0.717) is 19.4 Å². The molecule has 0 aliphatic rings. The third-order valence-electron chi connectivity index (χ3n) is 2.75. The highest BCUT2D eigenvalue weighted by Crippen LogP contribution is 2.07. The summed E-state index contributed by atoms with van der Waals surface area (Å²) < 4.78 is 4.98. The predicted octanol–water partition coefficient (Wildman–Crippen LogP) is -0.430. The van der Waals surface area contributed by atoms with Gasteiger partial charge in [-0.15, -0.1) is 0 Å². The van der Waals surface area contributed by atoms with Gasteiger partial charge in [0.1, 0.15) is 17.7 Å². The first kappa shape index (κ1) is 21.1. The first-order valence-corrected chi connectivity index (χ1v) is 7.44. The summed E-state index contributed by atoms with van der Waals surface area (Å²) in [5, 5.41) is 22.8. The number of alkyl carbamates (subject to hydrolysis) is 1. The van der Waals surface area contributed by atoms with E-state index >= 15 is 0 Å². The van der Waals surface area contributed by atoms with E-state index < -0.39 is 42.3 Å². The van der Waals surface area contributed by atoms with Crippen molar-refractivity contribution in [3.05, 3.63) is 0 Å². The number of unbranched alkanes of at least 4 members (excludes halogenated alkanes) is 1. The van der Waals surface area contributed by atoms with Crippen molar-refractivity contribution >= 4 is 18.0 Å². The molecule has 9 nitrogen and oxygen atoms in total. The number of nitrogens with one attached hydrogen (secondary N) is 2. The quantitative estimate of drug-likeness (QED) is 0.359. The Morgan fingerprint density at radius 3 is 2.17 bits per heavy atom. The van der Waals surface area contributed by atoms with Gasteiger partial charge >= 0.3 is 12.1 Å². The summed E-state index contributed by atoms with van der Waals surface area (Å²) in [4.78, 5) is 34.7. The number of aliphatic hydroxyl groups is 1. The Labute approximate surface area is 135 Å². The van der Waals surface area contributed by atoms with Crippen LogP contribution in [0.25, 0.3) is 0 Å². The number of aliphatic hydroxyl groups excluding tert-OH is 1. The minimum Gasteiger partial charge on any atom is -0.480 e. The second-order valence-corrected chi connectivity index (χ2v) is 6.07. The first-order chi connectivity index (χ1) is 10.6. The van der Waals surface area contributed by atoms with Gasteiger partial charge in [-0.25, -0.2) is 9.59 Å². The summed E-state index contributed by atoms with van der Waals surface area (Å²) in [6.07, 6.45) is 0.515. The van der Waals surface area contributed by atoms with Crippen molar-refractivity contribution < 1.29 is 29.3 Å². The largest absolute Gasteiger partial charge is 0.480 e. The minimum absolute atomic E-state index is 0.211. The zero-order chi connectivity index (χ0) is 18.0. The van der Waals surface area contributed by atoms with Gasteiger partial charge in [-0.1, -0.05) is 0 Å². The second kappa shape index (κ2) is 10.0. The molecule has 2 amide bonds. The van der Waals surface area contributed by atoms with E-state index in [1.165, 1.54) is 0 Å². The third kappa shape index (κ3) is 9.69. The van der Waals surface area contributed by atoms with Gasteiger partial charge in [0.25, 0.3) is 0 Å². The van der Waals surface area contributed by atoms with E-state index in [0.717, 1.165) is 0 Å². The smallest absolute Gasteiger partial charge is 0.408 e. The number of ether oxygens (including phenoxy) is 1. The zero-order valence-electron chi connectivity index (χ0n) is 13.8. The highest BCUT2D eigenvalue weighted by molar-refractivity contribution is 5.89. The lowest BCUT2D eigenvalue weighted by Crippen LogP contribution is -2.53. The number of hydrogen-bond donors (Lipinski definition) is 5. The lowest BCUT2D eigenvalue weighted by Gasteiger charge is -2.23. The van der Waals surface area contributed by atoms with Crippen LogP contribution in [0.2, 0.25) is 0 Å². The molecule has 0 spiro atoms. The molecule has 0 unspecified atom stereocenters. The van der Waals surface area contributed by atoms with E-state index in [1.54, 1.807) is 20.8 Å². The molecule has 0 radical (unpaired) electrons. The molecule has 0 aliphatic carbocycles. The van der Waals surface area contributed by atoms with Crippen LogP contribution in [-0.4, -0.2) is 59.0 Å². The maximum absolute atomic E-state index is 12.0. The molecule has 0 bridgehead atoms. The van der Waals surface area contributed by atoms with Crippen LogP contribution >= 0.6 is 0 Å². The summed E-state index contributed by atoms with van der Waals surface area (Å²) in [5.41, 5.74) is 4.58. The Hall–Kier alpha value is -1.87. The number of carboxylic acids is 1. The molecule has 23 heavy (non-hydrogen) atoms. The van der Waals surface area contributed by atoms with Crippen molar-refractivity contribution in [2.75, 3.05) is 13.2 Å². The number of carbonyl (C=O) groups excluding carboxylic acids is 2. The average Bonchev–Trinajstić information content (AvgIpc) is 2.41. The lowest BCUT2D eigenvalue weighted by atomic mass is 10.1. The van der Waals surface area contributed by atoms with Gasteiger partial charge in [-0.05, 0) is 46.6 Å². The number of nitrogens with two attached hydrogens (primary N) is 1. The summed E-state index contributed by atoms with van der Waals surface area (Å²) in [6, 6.07) is -2.40. The van der Waals surface area contributed by atoms with Crippen molar-refractivity contribution in [3.63, 3.8) is 0 Å². The summed E-state index contributed by atoms with van der Waals surface area (Å²) >= 11 is 0. The van der Waals surface area contributed by atoms with Crippen molar-refractivity contribution in [3.8, 4) is 0 Å². The van der Waals surface area contributed by atoms with Crippen LogP contribution < -0.4 is 16.4 Å². The Bertz CT molecular complexity index is 408. The standard InChI is InChI=1S/C14H27N3O6/c1-14(2,3)23-13(22)17-10(8-18)11(19)16-9(12(20)21)6-4-5-7-15/h9-10,18H,4-8,15H2,1-3H3,(H,16,19)(H,17,22)(H,20,21)/t9-,10-/m0/s1. The van der Waals surface area contributed by atoms with Gasteiger partial charge in [-0.3, -0.25) is 4.79 Å². The minimum atomic E-state index is -1.29. The Morgan fingerprint density at radius 2 is 1.74 bits per heavy atom. The van der Waals surface area contributed by atoms with Crippen LogP contribution in [0.5, 0.6) is 0 Å². The Kier molecular flexibility index (Phi) is 9.19. The van der Waals surface area contributed by atoms with Crippen LogP contribution in [0.4, 0.5) is 4.79 Å². The molecule has 0 fully saturated rings. The summed E-state index contributed by atoms with van der Waals surface area (Å²) in [6.45, 7) is 4.70. The van der Waals surface area contributed by atoms with Crippen LogP contribution in [0, 0.1) is 0 Å². The van der Waals surface area contributed by atoms with E-state index in [9.17, 15) is 19.5 Å². The van der Waals surface area contributed by atoms with Gasteiger partial charge in [0, 0.05) is 0 Å². The van der Waals surface area contributed by atoms with Crippen LogP contribution in [-0.2, 0) is 14.3 Å². The van der Waals surface area contributed by atoms with Crippen LogP contribution in [0.3, 0.4) is 0 Å². The maximum atomic E-state index is 12.0. The van der Waals surface area contributed by atoms with Crippen molar-refractivity contribution in [1.29, 1.82) is 0 Å². The van der Waals surface area contributed by atoms with Gasteiger partial charge in [0.2, 0.25) is 5.91 Å². The molecular formula is C14H27N3O6. The fraction of sp³-hybridized carbons (Fsp3) is 0.786.